The Kier molecular flexibility index (Phi) is 3.23. The van der Waals surface area contributed by atoms with Gasteiger partial charge < -0.3 is 14.3 Å². The Morgan fingerprint density at radius 1 is 1.39 bits per heavy atom. The van der Waals surface area contributed by atoms with Crippen LogP contribution in [0, 0.1) is 0 Å². The van der Waals surface area contributed by atoms with Gasteiger partial charge in [0.05, 0.1) is 11.2 Å². The van der Waals surface area contributed by atoms with E-state index < -0.39 is 5.97 Å². The molecule has 1 aliphatic rings. The molecule has 0 radical (unpaired) electrons. The summed E-state index contributed by atoms with van der Waals surface area (Å²) in [5, 5.41) is 9.70. The molecule has 2 rings (SSSR count). The van der Waals surface area contributed by atoms with Crippen LogP contribution in [0.4, 0.5) is 0 Å². The minimum absolute atomic E-state index is 0.0199. The molecule has 0 aliphatic carbocycles. The van der Waals surface area contributed by atoms with Gasteiger partial charge in [-0.1, -0.05) is 11.8 Å². The predicted octanol–water partition coefficient (Wildman–Crippen LogP) is 3.42. The SMILES string of the molecule is CC1(C)CC(Sc2ccc(C(=O)O)o2)C(C)(C)O1. The lowest BCUT2D eigenvalue weighted by atomic mass is 10.0. The minimum Gasteiger partial charge on any atom is -0.475 e. The third-order valence-electron chi connectivity index (χ3n) is 3.04. The van der Waals surface area contributed by atoms with E-state index in [1.807, 2.05) is 0 Å². The summed E-state index contributed by atoms with van der Waals surface area (Å²) in [6.07, 6.45) is 0.910. The van der Waals surface area contributed by atoms with Crippen molar-refractivity contribution in [1.82, 2.24) is 0 Å². The molecule has 2 heterocycles. The normalized spacial score (nSPS) is 25.2. The van der Waals surface area contributed by atoms with Gasteiger partial charge in [-0.2, -0.15) is 0 Å². The Labute approximate surface area is 111 Å². The summed E-state index contributed by atoms with van der Waals surface area (Å²) in [5.74, 6) is -1.06. The average molecular weight is 270 g/mol. The second kappa shape index (κ2) is 4.31. The van der Waals surface area contributed by atoms with E-state index in [1.165, 1.54) is 6.07 Å². The molecule has 0 spiro atoms. The summed E-state index contributed by atoms with van der Waals surface area (Å²) in [4.78, 5) is 10.8. The van der Waals surface area contributed by atoms with Crippen molar-refractivity contribution in [3.8, 4) is 0 Å². The number of carboxylic acid groups (broad SMARTS) is 1. The minimum atomic E-state index is -1.04. The molecule has 5 heteroatoms. The maximum absolute atomic E-state index is 10.8. The number of thioether (sulfide) groups is 1. The number of rotatable bonds is 3. The van der Waals surface area contributed by atoms with Gasteiger partial charge in [0.2, 0.25) is 5.76 Å². The lowest BCUT2D eigenvalue weighted by Gasteiger charge is -2.26. The van der Waals surface area contributed by atoms with Gasteiger partial charge in [-0.3, -0.25) is 0 Å². The average Bonchev–Trinajstić information content (AvgIpc) is 2.69. The molecule has 100 valence electrons. The number of hydrogen-bond donors (Lipinski definition) is 1. The van der Waals surface area contributed by atoms with E-state index in [1.54, 1.807) is 17.8 Å². The number of furan rings is 1. The van der Waals surface area contributed by atoms with Gasteiger partial charge in [0.15, 0.2) is 5.09 Å². The molecule has 0 aromatic carbocycles. The summed E-state index contributed by atoms with van der Waals surface area (Å²) in [5.41, 5.74) is -0.395. The third-order valence-corrected chi connectivity index (χ3v) is 4.51. The first-order valence-electron chi connectivity index (χ1n) is 5.90. The molecule has 18 heavy (non-hydrogen) atoms. The number of aromatic carboxylic acids is 1. The molecule has 0 saturated carbocycles. The van der Waals surface area contributed by atoms with Crippen LogP contribution in [-0.2, 0) is 4.74 Å². The van der Waals surface area contributed by atoms with Crippen molar-refractivity contribution in [3.05, 3.63) is 17.9 Å². The molecular formula is C13H18O4S. The summed E-state index contributed by atoms with van der Waals surface area (Å²) < 4.78 is 11.3. The number of carbonyl (C=O) groups is 1. The van der Waals surface area contributed by atoms with Crippen molar-refractivity contribution < 1.29 is 19.1 Å². The largest absolute Gasteiger partial charge is 0.475 e. The lowest BCUT2D eigenvalue weighted by Crippen LogP contribution is -2.30. The maximum Gasteiger partial charge on any atom is 0.371 e. The van der Waals surface area contributed by atoms with E-state index in [0.717, 1.165) is 6.42 Å². The van der Waals surface area contributed by atoms with E-state index in [9.17, 15) is 4.79 Å². The predicted molar refractivity (Wildman–Crippen MR) is 69.2 cm³/mol. The van der Waals surface area contributed by atoms with Gasteiger partial charge in [0.25, 0.3) is 0 Å². The van der Waals surface area contributed by atoms with Gasteiger partial charge in [-0.05, 0) is 46.2 Å². The molecule has 1 aliphatic heterocycles. The molecular weight excluding hydrogens is 252 g/mol. The highest BCUT2D eigenvalue weighted by Crippen LogP contribution is 2.46. The Bertz CT molecular complexity index is 461. The molecule has 1 saturated heterocycles. The first-order valence-corrected chi connectivity index (χ1v) is 6.77. The standard InChI is InChI=1S/C13H18O4S/c1-12(2)7-9(13(3,4)17-12)18-10-6-5-8(16-10)11(14)15/h5-6,9H,7H2,1-4H3,(H,14,15). The molecule has 1 aromatic heterocycles. The smallest absolute Gasteiger partial charge is 0.371 e. The zero-order valence-corrected chi connectivity index (χ0v) is 11.8. The Hall–Kier alpha value is -0.940. The first kappa shape index (κ1) is 13.5. The summed E-state index contributed by atoms with van der Waals surface area (Å²) in [7, 11) is 0. The zero-order valence-electron chi connectivity index (χ0n) is 11.0. The zero-order chi connectivity index (χ0) is 13.6. The topological polar surface area (TPSA) is 59.7 Å². The first-order chi connectivity index (χ1) is 8.20. The molecule has 0 amide bonds. The highest BCUT2D eigenvalue weighted by atomic mass is 32.2. The van der Waals surface area contributed by atoms with Gasteiger partial charge in [-0.15, -0.1) is 0 Å². The fourth-order valence-electron chi connectivity index (χ4n) is 2.33. The number of hydrogen-bond acceptors (Lipinski definition) is 4. The van der Waals surface area contributed by atoms with Crippen LogP contribution in [0.1, 0.15) is 44.7 Å². The molecule has 1 fully saturated rings. The van der Waals surface area contributed by atoms with Crippen molar-refractivity contribution in [2.75, 3.05) is 0 Å². The number of ether oxygens (including phenoxy) is 1. The molecule has 1 unspecified atom stereocenters. The Morgan fingerprint density at radius 2 is 2.06 bits per heavy atom. The van der Waals surface area contributed by atoms with Crippen LogP contribution in [0.15, 0.2) is 21.6 Å². The van der Waals surface area contributed by atoms with Crippen molar-refractivity contribution in [2.45, 2.75) is 55.7 Å². The van der Waals surface area contributed by atoms with E-state index >= 15 is 0 Å². The van der Waals surface area contributed by atoms with Crippen molar-refractivity contribution >= 4 is 17.7 Å². The highest BCUT2D eigenvalue weighted by molar-refractivity contribution is 7.99. The van der Waals surface area contributed by atoms with Gasteiger partial charge in [-0.25, -0.2) is 4.79 Å². The van der Waals surface area contributed by atoms with Crippen LogP contribution >= 0.6 is 11.8 Å². The van der Waals surface area contributed by atoms with Gasteiger partial charge in [0, 0.05) is 5.25 Å². The second-order valence-electron chi connectivity index (χ2n) is 5.70. The Morgan fingerprint density at radius 3 is 2.50 bits per heavy atom. The molecule has 1 aromatic rings. The van der Waals surface area contributed by atoms with Gasteiger partial charge >= 0.3 is 5.97 Å². The fraction of sp³-hybridized carbons (Fsp3) is 0.615. The summed E-state index contributed by atoms with van der Waals surface area (Å²) >= 11 is 1.54. The Balaban J connectivity index is 2.11. The molecule has 1 atom stereocenters. The lowest BCUT2D eigenvalue weighted by molar-refractivity contribution is -0.0632. The van der Waals surface area contributed by atoms with Gasteiger partial charge in [0.1, 0.15) is 0 Å². The van der Waals surface area contributed by atoms with Crippen molar-refractivity contribution in [1.29, 1.82) is 0 Å². The van der Waals surface area contributed by atoms with E-state index in [2.05, 4.69) is 27.7 Å². The monoisotopic (exact) mass is 270 g/mol. The third kappa shape index (κ3) is 2.72. The maximum atomic E-state index is 10.8. The van der Waals surface area contributed by atoms with Crippen molar-refractivity contribution in [2.24, 2.45) is 0 Å². The van der Waals surface area contributed by atoms with E-state index in [4.69, 9.17) is 14.3 Å². The molecule has 1 N–H and O–H groups in total. The molecule has 4 nitrogen and oxygen atoms in total. The van der Waals surface area contributed by atoms with E-state index in [0.29, 0.717) is 5.09 Å². The number of carboxylic acids is 1. The highest BCUT2D eigenvalue weighted by Gasteiger charge is 2.46. The van der Waals surface area contributed by atoms with Crippen LogP contribution in [0.3, 0.4) is 0 Å². The summed E-state index contributed by atoms with van der Waals surface area (Å²) in [6, 6.07) is 3.19. The fourth-order valence-corrected chi connectivity index (χ4v) is 3.72. The quantitative estimate of drug-likeness (QED) is 0.912. The van der Waals surface area contributed by atoms with Crippen LogP contribution in [0.5, 0.6) is 0 Å². The summed E-state index contributed by atoms with van der Waals surface area (Å²) in [6.45, 7) is 8.25. The van der Waals surface area contributed by atoms with Crippen LogP contribution < -0.4 is 0 Å². The van der Waals surface area contributed by atoms with E-state index in [-0.39, 0.29) is 22.2 Å². The van der Waals surface area contributed by atoms with Crippen molar-refractivity contribution in [3.63, 3.8) is 0 Å². The van der Waals surface area contributed by atoms with Crippen LogP contribution in [0.25, 0.3) is 0 Å². The molecule has 0 bridgehead atoms. The second-order valence-corrected chi connectivity index (χ2v) is 6.91. The van der Waals surface area contributed by atoms with Crippen LogP contribution in [0.2, 0.25) is 0 Å². The van der Waals surface area contributed by atoms with Crippen LogP contribution in [-0.4, -0.2) is 27.5 Å².